The van der Waals surface area contributed by atoms with Crippen molar-refractivity contribution >= 4 is 32.6 Å². The molecule has 0 saturated carbocycles. The van der Waals surface area contributed by atoms with E-state index in [-0.39, 0.29) is 33.5 Å². The molecule has 4 amide bonds. The van der Waals surface area contributed by atoms with E-state index in [1.54, 1.807) is 11.8 Å². The molecule has 0 aromatic heterocycles. The van der Waals surface area contributed by atoms with Crippen LogP contribution in [0.3, 0.4) is 0 Å². The molecule has 0 atom stereocenters. The topological polar surface area (TPSA) is 139 Å². The van der Waals surface area contributed by atoms with Crippen LogP contribution >= 0.6 is 11.8 Å². The van der Waals surface area contributed by atoms with Gasteiger partial charge in [0.2, 0.25) is 6.35 Å². The highest BCUT2D eigenvalue weighted by molar-refractivity contribution is 7.99. The Kier molecular flexibility index (Phi) is 26.6. The molecule has 0 radical (unpaired) electrons. The Morgan fingerprint density at radius 1 is 0.667 bits per heavy atom. The van der Waals surface area contributed by atoms with Gasteiger partial charge in [-0.15, -0.1) is 0 Å². The summed E-state index contributed by atoms with van der Waals surface area (Å²) < 4.78 is 45.7. The number of nitrogens with zero attached hydrogens (tertiary/aromatic N) is 2. The molecule has 0 rings (SSSR count). The Morgan fingerprint density at radius 2 is 1.12 bits per heavy atom. The van der Waals surface area contributed by atoms with Gasteiger partial charge in [0.1, 0.15) is 26.9 Å². The van der Waals surface area contributed by atoms with Crippen LogP contribution in [0.15, 0.2) is 0 Å². The summed E-state index contributed by atoms with van der Waals surface area (Å²) in [5, 5.41) is 5.37. The van der Waals surface area contributed by atoms with Crippen molar-refractivity contribution in [2.24, 2.45) is 0 Å². The summed E-state index contributed by atoms with van der Waals surface area (Å²) in [6.07, 6.45) is -0.270. The summed E-state index contributed by atoms with van der Waals surface area (Å²) in [5.41, 5.74) is 0. The van der Waals surface area contributed by atoms with Crippen LogP contribution in [0, 0.1) is 0 Å². The largest absolute Gasteiger partial charge is 0.500 e. The second kappa shape index (κ2) is 27.3. The lowest BCUT2D eigenvalue weighted by Gasteiger charge is -2.38. The molecule has 0 aliphatic carbocycles. The number of hydrogen-bond donors (Lipinski definition) is 2. The standard InChI is InChI=1S/C26H56N4O10SSi/c1-8-33-20-27-24(31)29(22-35-10-3)26(30(23-36-11-4)25(32)28-21-34-9-2)37-16-18-41-17-15-19-42(38-12-5,39-13-6)40-14-7/h26H,8-23H2,1-7H3,(H,27,31)(H,28,32). The molecule has 0 spiro atoms. The number of hydrogen-bond acceptors (Lipinski definition) is 11. The molecule has 0 aromatic carbocycles. The number of carbonyl (C=O) groups excluding carboxylic acids is 2. The Balaban J connectivity index is 5.52. The van der Waals surface area contributed by atoms with E-state index in [4.69, 9.17) is 37.0 Å². The molecule has 0 unspecified atom stereocenters. The van der Waals surface area contributed by atoms with Crippen LogP contribution in [-0.4, -0.2) is 128 Å². The number of carbonyl (C=O) groups is 2. The van der Waals surface area contributed by atoms with Crippen LogP contribution in [0.25, 0.3) is 0 Å². The minimum atomic E-state index is -2.69. The molecule has 16 heteroatoms. The first-order chi connectivity index (χ1) is 20.4. The fraction of sp³-hybridized carbons (Fsp3) is 0.923. The molecular weight excluding hydrogens is 588 g/mol. The van der Waals surface area contributed by atoms with E-state index in [1.165, 1.54) is 9.80 Å². The SMILES string of the molecule is CCOCNC(=O)N(COCC)C(OCCSCCC[Si](OCC)(OCC)OCC)N(COCC)C(=O)NCOCC. The lowest BCUT2D eigenvalue weighted by molar-refractivity contribution is -0.161. The molecule has 0 saturated heterocycles. The minimum Gasteiger partial charge on any atom is -0.374 e. The number of thioether (sulfide) groups is 1. The monoisotopic (exact) mass is 644 g/mol. The third-order valence-corrected chi connectivity index (χ3v) is 9.53. The zero-order chi connectivity index (χ0) is 31.5. The first-order valence-corrected chi connectivity index (χ1v) is 18.0. The summed E-state index contributed by atoms with van der Waals surface area (Å²) in [6.45, 7) is 16.3. The molecule has 0 aliphatic rings. The van der Waals surface area contributed by atoms with Crippen molar-refractivity contribution in [1.29, 1.82) is 0 Å². The summed E-state index contributed by atoms with van der Waals surface area (Å²) in [5.74, 6) is 1.46. The van der Waals surface area contributed by atoms with Crippen molar-refractivity contribution in [1.82, 2.24) is 20.4 Å². The van der Waals surface area contributed by atoms with Gasteiger partial charge in [0, 0.05) is 58.0 Å². The molecular formula is C26H56N4O10SSi. The van der Waals surface area contributed by atoms with Crippen LogP contribution in [-0.2, 0) is 37.0 Å². The summed E-state index contributed by atoms with van der Waals surface area (Å²) in [4.78, 5) is 28.9. The maximum Gasteiger partial charge on any atom is 0.500 e. The fourth-order valence-corrected chi connectivity index (χ4v) is 7.15. The predicted octanol–water partition coefficient (Wildman–Crippen LogP) is 3.46. The van der Waals surface area contributed by atoms with Gasteiger partial charge < -0.3 is 47.6 Å². The average molecular weight is 645 g/mol. The van der Waals surface area contributed by atoms with E-state index in [1.807, 2.05) is 48.5 Å². The van der Waals surface area contributed by atoms with Gasteiger partial charge in [0.15, 0.2) is 0 Å². The quantitative estimate of drug-likeness (QED) is 0.0736. The number of amides is 4. The van der Waals surface area contributed by atoms with E-state index in [2.05, 4.69) is 10.6 Å². The maximum atomic E-state index is 13.2. The molecule has 42 heavy (non-hydrogen) atoms. The zero-order valence-corrected chi connectivity index (χ0v) is 28.6. The van der Waals surface area contributed by atoms with E-state index < -0.39 is 27.2 Å². The number of ether oxygens (including phenoxy) is 5. The normalized spacial score (nSPS) is 11.6. The van der Waals surface area contributed by atoms with Crippen molar-refractivity contribution in [3.8, 4) is 0 Å². The molecule has 0 aliphatic heterocycles. The highest BCUT2D eigenvalue weighted by Gasteiger charge is 2.39. The Morgan fingerprint density at radius 3 is 1.52 bits per heavy atom. The van der Waals surface area contributed by atoms with Gasteiger partial charge in [-0.1, -0.05) is 0 Å². The highest BCUT2D eigenvalue weighted by atomic mass is 32.2. The van der Waals surface area contributed by atoms with Gasteiger partial charge in [-0.3, -0.25) is 9.80 Å². The second-order valence-electron chi connectivity index (χ2n) is 8.32. The third-order valence-electron chi connectivity index (χ3n) is 5.34. The van der Waals surface area contributed by atoms with Gasteiger partial charge in [0.25, 0.3) is 0 Å². The van der Waals surface area contributed by atoms with Gasteiger partial charge in [-0.05, 0) is 60.6 Å². The van der Waals surface area contributed by atoms with Crippen molar-refractivity contribution < 1.29 is 46.6 Å². The number of nitrogens with one attached hydrogen (secondary N) is 2. The van der Waals surface area contributed by atoms with Crippen LogP contribution < -0.4 is 10.6 Å². The first kappa shape index (κ1) is 40.8. The summed E-state index contributed by atoms with van der Waals surface area (Å²) in [6, 6.07) is -0.307. The summed E-state index contributed by atoms with van der Waals surface area (Å²) in [7, 11) is -2.69. The Bertz CT molecular complexity index is 624. The zero-order valence-electron chi connectivity index (χ0n) is 26.8. The summed E-state index contributed by atoms with van der Waals surface area (Å²) >= 11 is 1.69. The molecule has 0 heterocycles. The maximum absolute atomic E-state index is 13.2. The van der Waals surface area contributed by atoms with Crippen molar-refractivity contribution in [2.75, 3.05) is 91.3 Å². The minimum absolute atomic E-state index is 0.00142. The van der Waals surface area contributed by atoms with Crippen molar-refractivity contribution in [3.05, 3.63) is 0 Å². The van der Waals surface area contributed by atoms with E-state index in [0.717, 1.165) is 18.2 Å². The first-order valence-electron chi connectivity index (χ1n) is 14.9. The van der Waals surface area contributed by atoms with Crippen LogP contribution in [0.2, 0.25) is 6.04 Å². The smallest absolute Gasteiger partial charge is 0.374 e. The van der Waals surface area contributed by atoms with Gasteiger partial charge in [-0.2, -0.15) is 11.8 Å². The van der Waals surface area contributed by atoms with Crippen molar-refractivity contribution in [3.63, 3.8) is 0 Å². The molecule has 250 valence electrons. The molecule has 0 bridgehead atoms. The van der Waals surface area contributed by atoms with E-state index in [9.17, 15) is 9.59 Å². The Labute approximate surface area is 258 Å². The second-order valence-corrected chi connectivity index (χ2v) is 12.3. The van der Waals surface area contributed by atoms with Crippen LogP contribution in [0.4, 0.5) is 9.59 Å². The molecule has 0 aromatic rings. The molecule has 0 fully saturated rings. The lowest BCUT2D eigenvalue weighted by atomic mass is 10.5. The van der Waals surface area contributed by atoms with Crippen LogP contribution in [0.5, 0.6) is 0 Å². The highest BCUT2D eigenvalue weighted by Crippen LogP contribution is 2.20. The van der Waals surface area contributed by atoms with E-state index >= 15 is 0 Å². The molecule has 2 N–H and O–H groups in total. The van der Waals surface area contributed by atoms with E-state index in [0.29, 0.717) is 52.0 Å². The molecule has 14 nitrogen and oxygen atoms in total. The Hall–Kier alpha value is -1.21. The third kappa shape index (κ3) is 17.8. The van der Waals surface area contributed by atoms with Gasteiger partial charge in [0.05, 0.1) is 6.61 Å². The van der Waals surface area contributed by atoms with Crippen LogP contribution in [0.1, 0.15) is 54.9 Å². The van der Waals surface area contributed by atoms with Gasteiger partial charge in [-0.25, -0.2) is 9.59 Å². The number of urea groups is 2. The van der Waals surface area contributed by atoms with Gasteiger partial charge >= 0.3 is 20.9 Å². The lowest BCUT2D eigenvalue weighted by Crippen LogP contribution is -2.60. The number of rotatable bonds is 28. The predicted molar refractivity (Wildman–Crippen MR) is 164 cm³/mol. The fourth-order valence-electron chi connectivity index (χ4n) is 3.51. The average Bonchev–Trinajstić information content (AvgIpc) is 2.97. The van der Waals surface area contributed by atoms with Crippen molar-refractivity contribution in [2.45, 2.75) is 67.3 Å².